The van der Waals surface area contributed by atoms with Crippen LogP contribution in [0.1, 0.15) is 11.1 Å². The quantitative estimate of drug-likeness (QED) is 0.183. The van der Waals surface area contributed by atoms with Crippen LogP contribution in [-0.4, -0.2) is 30.5 Å². The highest BCUT2D eigenvalue weighted by molar-refractivity contribution is 5.94. The van der Waals surface area contributed by atoms with Gasteiger partial charge in [-0.05, 0) is 78.9 Å². The molecule has 0 unspecified atom stereocenters. The average Bonchev–Trinajstić information content (AvgIpc) is 2.87. The summed E-state index contributed by atoms with van der Waals surface area (Å²) < 4.78 is 10.9. The third-order valence-electron chi connectivity index (χ3n) is 5.55. The van der Waals surface area contributed by atoms with E-state index in [0.717, 1.165) is 16.5 Å². The van der Waals surface area contributed by atoms with E-state index in [2.05, 4.69) is 20.5 Å². The summed E-state index contributed by atoms with van der Waals surface area (Å²) in [6.07, 6.45) is 0. The molecule has 36 heavy (non-hydrogen) atoms. The lowest BCUT2D eigenvalue weighted by molar-refractivity contribution is 0.201. The number of aryl methyl sites for hydroxylation is 2. The van der Waals surface area contributed by atoms with Gasteiger partial charge in [0.05, 0.1) is 25.1 Å². The highest BCUT2D eigenvalue weighted by Crippen LogP contribution is 2.39. The molecule has 0 saturated heterocycles. The summed E-state index contributed by atoms with van der Waals surface area (Å²) in [4.78, 5) is 0. The van der Waals surface area contributed by atoms with Crippen LogP contribution in [0.25, 0.3) is 10.8 Å². The number of nitrogens with zero attached hydrogens (tertiary/aromatic N) is 4. The van der Waals surface area contributed by atoms with Crippen molar-refractivity contribution >= 4 is 39.2 Å². The first-order chi connectivity index (χ1) is 17.4. The largest absolute Gasteiger partial charge is 0.505 e. The van der Waals surface area contributed by atoms with Gasteiger partial charge < -0.3 is 25.4 Å². The molecule has 9 heteroatoms. The molecule has 0 amide bonds. The number of ether oxygens (including phenoxy) is 2. The summed E-state index contributed by atoms with van der Waals surface area (Å²) in [6, 6.07) is 17.8. The maximum Gasteiger partial charge on any atom is 0.150 e. The second kappa shape index (κ2) is 10.8. The van der Waals surface area contributed by atoms with Crippen LogP contribution in [0, 0.1) is 13.8 Å². The minimum Gasteiger partial charge on any atom is -0.505 e. The predicted molar refractivity (Wildman–Crippen MR) is 140 cm³/mol. The van der Waals surface area contributed by atoms with Gasteiger partial charge in [0.2, 0.25) is 0 Å². The molecule has 0 fully saturated rings. The van der Waals surface area contributed by atoms with Crippen LogP contribution >= 0.6 is 0 Å². The van der Waals surface area contributed by atoms with Gasteiger partial charge in [-0.15, -0.1) is 10.2 Å². The molecular weight excluding hydrogens is 458 g/mol. The summed E-state index contributed by atoms with van der Waals surface area (Å²) in [5, 5.41) is 38.3. The van der Waals surface area contributed by atoms with Crippen molar-refractivity contribution in [3.63, 3.8) is 0 Å². The molecule has 4 aromatic carbocycles. The van der Waals surface area contributed by atoms with E-state index in [4.69, 9.17) is 20.3 Å². The molecule has 0 aromatic heterocycles. The number of nitrogen functional groups attached to an aromatic ring is 1. The van der Waals surface area contributed by atoms with Crippen molar-refractivity contribution in [1.82, 2.24) is 0 Å². The number of methoxy groups -OCH3 is 1. The molecule has 0 aliphatic carbocycles. The van der Waals surface area contributed by atoms with E-state index < -0.39 is 0 Å². The SMILES string of the molecule is COc1cc(N=Nc2ccc(OCCO)cc2C)c(C)cc1N=Nc1ccc2cc(N)ccc2c1O. The fraction of sp³-hybridized carbons (Fsp3) is 0.185. The lowest BCUT2D eigenvalue weighted by atomic mass is 10.1. The average molecular weight is 486 g/mol. The monoisotopic (exact) mass is 485 g/mol. The zero-order valence-electron chi connectivity index (χ0n) is 20.3. The number of fused-ring (bicyclic) bond motifs is 1. The van der Waals surface area contributed by atoms with E-state index in [-0.39, 0.29) is 19.0 Å². The Morgan fingerprint density at radius 3 is 2.22 bits per heavy atom. The molecule has 0 aliphatic rings. The molecule has 9 nitrogen and oxygen atoms in total. The molecule has 184 valence electrons. The van der Waals surface area contributed by atoms with Crippen molar-refractivity contribution in [2.75, 3.05) is 26.1 Å². The van der Waals surface area contributed by atoms with Gasteiger partial charge in [-0.2, -0.15) is 10.2 Å². The van der Waals surface area contributed by atoms with Crippen LogP contribution in [0.4, 0.5) is 28.4 Å². The Morgan fingerprint density at radius 2 is 1.47 bits per heavy atom. The Balaban J connectivity index is 1.59. The minimum absolute atomic E-state index is 0.0282. The number of phenols is 1. The van der Waals surface area contributed by atoms with Crippen molar-refractivity contribution in [2.24, 2.45) is 20.5 Å². The summed E-state index contributed by atoms with van der Waals surface area (Å²) >= 11 is 0. The van der Waals surface area contributed by atoms with Gasteiger partial charge in [0.25, 0.3) is 0 Å². The summed E-state index contributed by atoms with van der Waals surface area (Å²) in [6.45, 7) is 3.99. The Hall–Kier alpha value is -4.50. The number of nitrogens with two attached hydrogens (primary N) is 1. The Bertz CT molecular complexity index is 1470. The molecule has 4 rings (SSSR count). The third-order valence-corrected chi connectivity index (χ3v) is 5.55. The Labute approximate surface area is 208 Å². The fourth-order valence-corrected chi connectivity index (χ4v) is 3.62. The number of rotatable bonds is 8. The number of anilines is 1. The highest BCUT2D eigenvalue weighted by atomic mass is 16.5. The van der Waals surface area contributed by atoms with E-state index in [9.17, 15) is 5.11 Å². The van der Waals surface area contributed by atoms with Crippen molar-refractivity contribution in [1.29, 1.82) is 0 Å². The van der Waals surface area contributed by atoms with E-state index in [0.29, 0.717) is 45.3 Å². The van der Waals surface area contributed by atoms with Gasteiger partial charge in [0.1, 0.15) is 29.5 Å². The van der Waals surface area contributed by atoms with Crippen LogP contribution in [0.5, 0.6) is 17.2 Å². The molecule has 0 bridgehead atoms. The predicted octanol–water partition coefficient (Wildman–Crippen LogP) is 6.95. The lowest BCUT2D eigenvalue weighted by Crippen LogP contribution is -2.01. The van der Waals surface area contributed by atoms with Crippen molar-refractivity contribution in [3.05, 3.63) is 71.8 Å². The van der Waals surface area contributed by atoms with Gasteiger partial charge in [-0.25, -0.2) is 0 Å². The van der Waals surface area contributed by atoms with E-state index >= 15 is 0 Å². The van der Waals surface area contributed by atoms with Crippen LogP contribution in [0.3, 0.4) is 0 Å². The van der Waals surface area contributed by atoms with Gasteiger partial charge in [-0.3, -0.25) is 0 Å². The zero-order chi connectivity index (χ0) is 25.7. The smallest absolute Gasteiger partial charge is 0.150 e. The molecule has 0 aliphatic heterocycles. The van der Waals surface area contributed by atoms with Crippen molar-refractivity contribution in [3.8, 4) is 17.2 Å². The topological polar surface area (TPSA) is 134 Å². The van der Waals surface area contributed by atoms with E-state index in [1.807, 2.05) is 32.0 Å². The maximum atomic E-state index is 10.6. The number of hydrogen-bond donors (Lipinski definition) is 3. The molecule has 0 radical (unpaired) electrons. The van der Waals surface area contributed by atoms with Crippen LogP contribution in [0.2, 0.25) is 0 Å². The summed E-state index contributed by atoms with van der Waals surface area (Å²) in [5.74, 6) is 1.16. The number of phenolic OH excluding ortho intramolecular Hbond substituents is 1. The molecule has 4 aromatic rings. The molecule has 4 N–H and O–H groups in total. The number of azo groups is 2. The van der Waals surface area contributed by atoms with Gasteiger partial charge in [-0.1, -0.05) is 6.07 Å². The molecule has 0 spiro atoms. The van der Waals surface area contributed by atoms with Crippen molar-refractivity contribution < 1.29 is 19.7 Å². The Kier molecular flexibility index (Phi) is 7.41. The second-order valence-corrected chi connectivity index (χ2v) is 8.14. The minimum atomic E-state index is -0.0455. The standard InChI is InChI=1S/C27H27N5O4/c1-16-12-20(36-11-10-33)6-9-22(16)29-31-24-15-26(35-3)25(13-17(24)2)32-30-23-8-4-18-14-19(28)5-7-21(18)27(23)34/h4-9,12-15,33-34H,10-11,28H2,1-3H3. The lowest BCUT2D eigenvalue weighted by Gasteiger charge is -2.09. The highest BCUT2D eigenvalue weighted by Gasteiger charge is 2.10. The fourth-order valence-electron chi connectivity index (χ4n) is 3.62. The number of aromatic hydroxyl groups is 1. The van der Waals surface area contributed by atoms with Crippen LogP contribution in [-0.2, 0) is 0 Å². The molecule has 0 saturated carbocycles. The van der Waals surface area contributed by atoms with E-state index in [1.54, 1.807) is 42.5 Å². The molecule has 0 heterocycles. The summed E-state index contributed by atoms with van der Waals surface area (Å²) in [7, 11) is 1.54. The van der Waals surface area contributed by atoms with Gasteiger partial charge >= 0.3 is 0 Å². The van der Waals surface area contributed by atoms with Crippen molar-refractivity contribution in [2.45, 2.75) is 13.8 Å². The first-order valence-corrected chi connectivity index (χ1v) is 11.3. The first kappa shape index (κ1) is 24.6. The number of aliphatic hydroxyl groups is 1. The first-order valence-electron chi connectivity index (χ1n) is 11.3. The number of hydrogen-bond acceptors (Lipinski definition) is 9. The molecular formula is C27H27N5O4. The Morgan fingerprint density at radius 1 is 0.778 bits per heavy atom. The number of aliphatic hydroxyl groups excluding tert-OH is 1. The van der Waals surface area contributed by atoms with Crippen LogP contribution in [0.15, 0.2) is 81.1 Å². The summed E-state index contributed by atoms with van der Waals surface area (Å²) in [5.41, 5.74) is 10.3. The normalized spacial score (nSPS) is 11.6. The second-order valence-electron chi connectivity index (χ2n) is 8.14. The maximum absolute atomic E-state index is 10.6. The third kappa shape index (κ3) is 5.42. The van der Waals surface area contributed by atoms with Gasteiger partial charge in [0.15, 0.2) is 5.75 Å². The van der Waals surface area contributed by atoms with Gasteiger partial charge in [0, 0.05) is 17.1 Å². The van der Waals surface area contributed by atoms with Crippen LogP contribution < -0.4 is 15.2 Å². The van der Waals surface area contributed by atoms with E-state index in [1.165, 1.54) is 7.11 Å². The number of benzene rings is 4. The zero-order valence-corrected chi connectivity index (χ0v) is 20.3. The molecule has 0 atom stereocenters.